The van der Waals surface area contributed by atoms with Gasteiger partial charge in [0.1, 0.15) is 17.2 Å². The Kier molecular flexibility index (Phi) is 4.16. The van der Waals surface area contributed by atoms with Crippen molar-refractivity contribution < 1.29 is 4.74 Å². The van der Waals surface area contributed by atoms with Gasteiger partial charge in [-0.05, 0) is 35.9 Å². The largest absolute Gasteiger partial charge is 0.438 e. The molecule has 7 heteroatoms. The summed E-state index contributed by atoms with van der Waals surface area (Å²) in [6, 6.07) is 12.7. The second-order valence-corrected chi connectivity index (χ2v) is 7.00. The van der Waals surface area contributed by atoms with Gasteiger partial charge in [0, 0.05) is 17.1 Å². The molecule has 1 aliphatic heterocycles. The molecule has 0 amide bonds. The van der Waals surface area contributed by atoms with Crippen LogP contribution < -0.4 is 10.5 Å². The first-order valence-electron chi connectivity index (χ1n) is 7.61. The molecule has 0 fully saturated rings. The van der Waals surface area contributed by atoms with Crippen LogP contribution in [-0.4, -0.2) is 4.98 Å². The van der Waals surface area contributed by atoms with Crippen LogP contribution in [0.3, 0.4) is 0 Å². The molecular weight excluding hydrogens is 393 g/mol. The van der Waals surface area contributed by atoms with Crippen LogP contribution in [-0.2, 0) is 0 Å². The molecule has 0 radical (unpaired) electrons. The number of nitriles is 1. The van der Waals surface area contributed by atoms with E-state index in [1.165, 1.54) is 0 Å². The van der Waals surface area contributed by atoms with Gasteiger partial charge in [-0.1, -0.05) is 40.9 Å². The van der Waals surface area contributed by atoms with Crippen LogP contribution in [0.4, 0.5) is 0 Å². The molecule has 2 heterocycles. The summed E-state index contributed by atoms with van der Waals surface area (Å²) in [5, 5.41) is 11.7. The van der Waals surface area contributed by atoms with Gasteiger partial charge in [-0.25, -0.2) is 0 Å². The molecule has 128 valence electrons. The van der Waals surface area contributed by atoms with E-state index in [1.807, 2.05) is 6.07 Å². The molecule has 0 aliphatic carbocycles. The fourth-order valence-corrected chi connectivity index (χ4v) is 3.71. The summed E-state index contributed by atoms with van der Waals surface area (Å²) in [7, 11) is 0. The fraction of sp³-hybridized carbons (Fsp3) is 0.0526. The van der Waals surface area contributed by atoms with Gasteiger partial charge < -0.3 is 10.5 Å². The smallest absolute Gasteiger partial charge is 0.205 e. The van der Waals surface area contributed by atoms with Crippen molar-refractivity contribution in [3.05, 3.63) is 80.2 Å². The first kappa shape index (κ1) is 17.0. The highest BCUT2D eigenvalue weighted by Crippen LogP contribution is 2.47. The Morgan fingerprint density at radius 2 is 1.88 bits per heavy atom. The van der Waals surface area contributed by atoms with Crippen molar-refractivity contribution in [2.75, 3.05) is 0 Å². The SMILES string of the molecule is N#CC1=C(N)Oc2c(cc(Cl)c3cccnc23)C1c1ccc(Cl)c(Cl)c1. The molecule has 1 unspecified atom stereocenters. The first-order valence-corrected chi connectivity index (χ1v) is 8.74. The molecule has 2 N–H and O–H groups in total. The molecule has 1 atom stereocenters. The minimum atomic E-state index is -0.484. The third-order valence-corrected chi connectivity index (χ3v) is 5.35. The molecule has 3 aromatic rings. The van der Waals surface area contributed by atoms with Crippen LogP contribution >= 0.6 is 34.8 Å². The minimum Gasteiger partial charge on any atom is -0.438 e. The summed E-state index contributed by atoms with van der Waals surface area (Å²) in [6.07, 6.45) is 1.65. The molecule has 0 spiro atoms. The third-order valence-electron chi connectivity index (χ3n) is 4.30. The molecule has 0 saturated carbocycles. The van der Waals surface area contributed by atoms with Crippen LogP contribution in [0.5, 0.6) is 5.75 Å². The van der Waals surface area contributed by atoms with Crippen LogP contribution in [0.15, 0.2) is 54.1 Å². The van der Waals surface area contributed by atoms with Crippen LogP contribution in [0.25, 0.3) is 10.9 Å². The van der Waals surface area contributed by atoms with E-state index < -0.39 is 5.92 Å². The maximum atomic E-state index is 9.65. The summed E-state index contributed by atoms with van der Waals surface area (Å²) < 4.78 is 5.76. The molecule has 0 saturated heterocycles. The summed E-state index contributed by atoms with van der Waals surface area (Å²) in [5.74, 6) is 0.0327. The lowest BCUT2D eigenvalue weighted by Gasteiger charge is -2.27. The van der Waals surface area contributed by atoms with E-state index in [0.29, 0.717) is 31.9 Å². The molecule has 0 bridgehead atoms. The summed E-state index contributed by atoms with van der Waals surface area (Å²) >= 11 is 18.7. The lowest BCUT2D eigenvalue weighted by atomic mass is 9.83. The number of rotatable bonds is 1. The zero-order valence-corrected chi connectivity index (χ0v) is 15.4. The Hall–Kier alpha value is -2.45. The van der Waals surface area contributed by atoms with Crippen molar-refractivity contribution in [2.45, 2.75) is 5.92 Å². The average Bonchev–Trinajstić information content (AvgIpc) is 2.64. The fourth-order valence-electron chi connectivity index (χ4n) is 3.14. The van der Waals surface area contributed by atoms with E-state index in [2.05, 4.69) is 11.1 Å². The molecule has 1 aromatic heterocycles. The second-order valence-electron chi connectivity index (χ2n) is 5.77. The van der Waals surface area contributed by atoms with Gasteiger partial charge in [-0.3, -0.25) is 4.98 Å². The number of allylic oxidation sites excluding steroid dienone is 1. The maximum absolute atomic E-state index is 9.65. The number of hydrogen-bond acceptors (Lipinski definition) is 4. The maximum Gasteiger partial charge on any atom is 0.205 e. The molecular formula is C19H10Cl3N3O. The van der Waals surface area contributed by atoms with E-state index in [4.69, 9.17) is 45.3 Å². The Morgan fingerprint density at radius 3 is 2.62 bits per heavy atom. The minimum absolute atomic E-state index is 0.0327. The van der Waals surface area contributed by atoms with Crippen molar-refractivity contribution in [3.8, 4) is 11.8 Å². The van der Waals surface area contributed by atoms with Gasteiger partial charge in [0.15, 0.2) is 5.75 Å². The van der Waals surface area contributed by atoms with Crippen molar-refractivity contribution in [1.29, 1.82) is 5.26 Å². The lowest BCUT2D eigenvalue weighted by Crippen LogP contribution is -2.21. The molecule has 4 rings (SSSR count). The second kappa shape index (κ2) is 6.37. The van der Waals surface area contributed by atoms with Crippen LogP contribution in [0, 0.1) is 11.3 Å². The number of pyridine rings is 1. The summed E-state index contributed by atoms with van der Waals surface area (Å²) in [6.45, 7) is 0. The number of benzene rings is 2. The predicted molar refractivity (Wildman–Crippen MR) is 103 cm³/mol. The van der Waals surface area contributed by atoms with Gasteiger partial charge in [0.05, 0.1) is 21.0 Å². The quantitative estimate of drug-likeness (QED) is 0.590. The average molecular weight is 403 g/mol. The normalized spacial score (nSPS) is 16.2. The Balaban J connectivity index is 2.05. The molecule has 26 heavy (non-hydrogen) atoms. The monoisotopic (exact) mass is 401 g/mol. The number of nitrogens with zero attached hydrogens (tertiary/aromatic N) is 2. The highest BCUT2D eigenvalue weighted by atomic mass is 35.5. The molecule has 4 nitrogen and oxygen atoms in total. The predicted octanol–water partition coefficient (Wildman–Crippen LogP) is 5.41. The van der Waals surface area contributed by atoms with E-state index >= 15 is 0 Å². The van der Waals surface area contributed by atoms with E-state index in [9.17, 15) is 5.26 Å². The standard InChI is InChI=1S/C19H10Cl3N3O/c20-13-4-3-9(6-15(13)22)16-11-7-14(21)10-2-1-5-25-17(10)18(11)26-19(24)12(16)8-23/h1-7,16H,24H2. The molecule has 1 aliphatic rings. The lowest BCUT2D eigenvalue weighted by molar-refractivity contribution is 0.397. The van der Waals surface area contributed by atoms with Gasteiger partial charge in [-0.15, -0.1) is 0 Å². The summed E-state index contributed by atoms with van der Waals surface area (Å²) in [4.78, 5) is 4.38. The first-order chi connectivity index (χ1) is 12.5. The number of hydrogen-bond donors (Lipinski definition) is 1. The topological polar surface area (TPSA) is 71.9 Å². The number of fused-ring (bicyclic) bond motifs is 3. The van der Waals surface area contributed by atoms with Crippen molar-refractivity contribution in [2.24, 2.45) is 5.73 Å². The van der Waals surface area contributed by atoms with Gasteiger partial charge in [0.2, 0.25) is 5.88 Å². The van der Waals surface area contributed by atoms with Gasteiger partial charge in [-0.2, -0.15) is 5.26 Å². The number of ether oxygens (including phenoxy) is 1. The Morgan fingerprint density at radius 1 is 1.08 bits per heavy atom. The van der Waals surface area contributed by atoms with Crippen molar-refractivity contribution >= 4 is 45.7 Å². The number of aromatic nitrogens is 1. The summed E-state index contributed by atoms with van der Waals surface area (Å²) in [5.41, 5.74) is 8.37. The zero-order valence-electron chi connectivity index (χ0n) is 13.1. The van der Waals surface area contributed by atoms with E-state index in [0.717, 1.165) is 10.9 Å². The van der Waals surface area contributed by atoms with Gasteiger partial charge >= 0.3 is 0 Å². The third kappa shape index (κ3) is 2.57. The van der Waals surface area contributed by atoms with Crippen LogP contribution in [0.1, 0.15) is 17.0 Å². The zero-order chi connectivity index (χ0) is 18.4. The highest BCUT2D eigenvalue weighted by Gasteiger charge is 2.33. The van der Waals surface area contributed by atoms with Crippen molar-refractivity contribution in [3.63, 3.8) is 0 Å². The van der Waals surface area contributed by atoms with Gasteiger partial charge in [0.25, 0.3) is 0 Å². The highest BCUT2D eigenvalue weighted by molar-refractivity contribution is 6.42. The number of nitrogens with two attached hydrogens (primary N) is 1. The van der Waals surface area contributed by atoms with Crippen LogP contribution in [0.2, 0.25) is 15.1 Å². The van der Waals surface area contributed by atoms with E-state index in [-0.39, 0.29) is 11.5 Å². The Labute approximate surface area is 164 Å². The van der Waals surface area contributed by atoms with E-state index in [1.54, 1.807) is 36.5 Å². The van der Waals surface area contributed by atoms with Crippen molar-refractivity contribution in [1.82, 2.24) is 4.98 Å². The Bertz CT molecular complexity index is 1130. The number of halogens is 3. The molecule has 2 aromatic carbocycles.